The fraction of sp³-hybridized carbons (Fsp3) is 0.769. The van der Waals surface area contributed by atoms with E-state index in [9.17, 15) is 0 Å². The molecule has 0 aliphatic heterocycles. The molecule has 1 heterocycles. The Kier molecular flexibility index (Phi) is 4.33. The maximum Gasteiger partial charge on any atom is 0.227 e. The molecule has 1 aromatic heterocycles. The lowest BCUT2D eigenvalue weighted by atomic mass is 10.1. The average molecular weight is 249 g/mol. The molecule has 1 aliphatic rings. The quantitative estimate of drug-likeness (QED) is 0.725. The smallest absolute Gasteiger partial charge is 0.227 e. The van der Waals surface area contributed by atoms with E-state index < -0.39 is 0 Å². The molecule has 5 heteroatoms. The molecule has 0 radical (unpaired) electrons. The molecule has 5 nitrogen and oxygen atoms in total. The number of rotatable bonds is 7. The molecule has 18 heavy (non-hydrogen) atoms. The van der Waals surface area contributed by atoms with Crippen LogP contribution < -0.4 is 11.1 Å². The van der Waals surface area contributed by atoms with Crippen molar-refractivity contribution < 1.29 is 0 Å². The zero-order chi connectivity index (χ0) is 13.0. The minimum Gasteiger partial charge on any atom is -0.368 e. The van der Waals surface area contributed by atoms with E-state index in [1.54, 1.807) is 0 Å². The van der Waals surface area contributed by atoms with Crippen molar-refractivity contribution in [2.45, 2.75) is 46.0 Å². The number of anilines is 2. The van der Waals surface area contributed by atoms with Crippen LogP contribution in [0.4, 0.5) is 11.9 Å². The van der Waals surface area contributed by atoms with Crippen molar-refractivity contribution in [1.29, 1.82) is 0 Å². The van der Waals surface area contributed by atoms with Crippen LogP contribution in [0, 0.1) is 11.8 Å². The highest BCUT2D eigenvalue weighted by molar-refractivity contribution is 5.30. The van der Waals surface area contributed by atoms with Gasteiger partial charge < -0.3 is 11.1 Å². The van der Waals surface area contributed by atoms with Crippen molar-refractivity contribution >= 4 is 11.9 Å². The largest absolute Gasteiger partial charge is 0.368 e. The molecule has 0 spiro atoms. The van der Waals surface area contributed by atoms with Gasteiger partial charge in [0, 0.05) is 13.0 Å². The Morgan fingerprint density at radius 2 is 2.06 bits per heavy atom. The van der Waals surface area contributed by atoms with Gasteiger partial charge in [0.25, 0.3) is 0 Å². The van der Waals surface area contributed by atoms with Crippen LogP contribution in [0.25, 0.3) is 0 Å². The van der Waals surface area contributed by atoms with Crippen molar-refractivity contribution in [1.82, 2.24) is 15.0 Å². The van der Waals surface area contributed by atoms with E-state index in [0.717, 1.165) is 24.7 Å². The van der Waals surface area contributed by atoms with Crippen molar-refractivity contribution in [3.8, 4) is 0 Å². The van der Waals surface area contributed by atoms with Crippen LogP contribution in [0.1, 0.15) is 45.4 Å². The Hall–Kier alpha value is -1.39. The fourth-order valence-electron chi connectivity index (χ4n) is 1.97. The molecule has 1 fully saturated rings. The van der Waals surface area contributed by atoms with Crippen LogP contribution in [0.2, 0.25) is 0 Å². The molecule has 1 saturated carbocycles. The Morgan fingerprint density at radius 1 is 1.28 bits per heavy atom. The third-order valence-electron chi connectivity index (χ3n) is 3.06. The maximum atomic E-state index is 5.70. The first-order valence-electron chi connectivity index (χ1n) is 6.88. The Bertz CT molecular complexity index is 387. The van der Waals surface area contributed by atoms with E-state index >= 15 is 0 Å². The topological polar surface area (TPSA) is 76.7 Å². The second-order valence-corrected chi connectivity index (χ2v) is 5.54. The average Bonchev–Trinajstić information content (AvgIpc) is 3.06. The summed E-state index contributed by atoms with van der Waals surface area (Å²) in [6.07, 6.45) is 6.15. The van der Waals surface area contributed by atoms with E-state index in [4.69, 9.17) is 5.73 Å². The molecule has 3 N–H and O–H groups in total. The van der Waals surface area contributed by atoms with Crippen LogP contribution in [0.5, 0.6) is 0 Å². The molecule has 0 bridgehead atoms. The summed E-state index contributed by atoms with van der Waals surface area (Å²) in [5.74, 6) is 3.21. The van der Waals surface area contributed by atoms with Crippen molar-refractivity contribution in [3.05, 3.63) is 5.82 Å². The zero-order valence-corrected chi connectivity index (χ0v) is 11.3. The van der Waals surface area contributed by atoms with E-state index in [-0.39, 0.29) is 0 Å². The van der Waals surface area contributed by atoms with Crippen LogP contribution in [-0.4, -0.2) is 21.5 Å². The van der Waals surface area contributed by atoms with Gasteiger partial charge in [0.15, 0.2) is 0 Å². The zero-order valence-electron chi connectivity index (χ0n) is 11.3. The second-order valence-electron chi connectivity index (χ2n) is 5.54. The lowest BCUT2D eigenvalue weighted by Gasteiger charge is -2.08. The van der Waals surface area contributed by atoms with E-state index in [2.05, 4.69) is 34.1 Å². The number of hydrogen-bond acceptors (Lipinski definition) is 5. The summed E-state index contributed by atoms with van der Waals surface area (Å²) in [4.78, 5) is 12.7. The predicted octanol–water partition coefficient (Wildman–Crippen LogP) is 2.25. The van der Waals surface area contributed by atoms with Crippen LogP contribution in [0.3, 0.4) is 0 Å². The molecule has 0 amide bonds. The summed E-state index contributed by atoms with van der Waals surface area (Å²) in [6, 6.07) is 0. The molecule has 0 atom stereocenters. The lowest BCUT2D eigenvalue weighted by molar-refractivity contribution is 0.618. The molecular formula is C13H23N5. The summed E-state index contributed by atoms with van der Waals surface area (Å²) in [7, 11) is 0. The third kappa shape index (κ3) is 4.47. The molecular weight excluding hydrogens is 226 g/mol. The van der Waals surface area contributed by atoms with E-state index in [0.29, 0.717) is 17.8 Å². The summed E-state index contributed by atoms with van der Waals surface area (Å²) < 4.78 is 0. The van der Waals surface area contributed by atoms with Crippen molar-refractivity contribution in [2.75, 3.05) is 17.6 Å². The van der Waals surface area contributed by atoms with Gasteiger partial charge in [0.05, 0.1) is 0 Å². The SMILES string of the molecule is CC(C)Cc1nc(N)nc(NCCCC2CC2)n1. The monoisotopic (exact) mass is 249 g/mol. The molecule has 0 unspecified atom stereocenters. The highest BCUT2D eigenvalue weighted by Crippen LogP contribution is 2.33. The summed E-state index contributed by atoms with van der Waals surface area (Å²) in [5, 5.41) is 3.24. The normalized spacial score (nSPS) is 15.1. The third-order valence-corrected chi connectivity index (χ3v) is 3.06. The highest BCUT2D eigenvalue weighted by Gasteiger charge is 2.20. The summed E-state index contributed by atoms with van der Waals surface area (Å²) in [5.41, 5.74) is 5.70. The van der Waals surface area contributed by atoms with Gasteiger partial charge in [-0.1, -0.05) is 26.7 Å². The first-order valence-corrected chi connectivity index (χ1v) is 6.88. The number of nitrogen functional groups attached to an aromatic ring is 1. The lowest BCUT2D eigenvalue weighted by Crippen LogP contribution is -2.12. The maximum absolute atomic E-state index is 5.70. The predicted molar refractivity (Wildman–Crippen MR) is 73.2 cm³/mol. The first-order chi connectivity index (χ1) is 8.63. The van der Waals surface area contributed by atoms with Gasteiger partial charge in [-0.05, 0) is 24.7 Å². The first kappa shape index (κ1) is 13.1. The number of nitrogens with zero attached hydrogens (tertiary/aromatic N) is 3. The van der Waals surface area contributed by atoms with Gasteiger partial charge in [-0.2, -0.15) is 15.0 Å². The molecule has 1 aliphatic carbocycles. The van der Waals surface area contributed by atoms with Gasteiger partial charge in [-0.25, -0.2) is 0 Å². The van der Waals surface area contributed by atoms with Crippen LogP contribution in [0.15, 0.2) is 0 Å². The second kappa shape index (κ2) is 5.98. The van der Waals surface area contributed by atoms with Crippen LogP contribution >= 0.6 is 0 Å². The summed E-state index contributed by atoms with van der Waals surface area (Å²) >= 11 is 0. The fourth-order valence-corrected chi connectivity index (χ4v) is 1.97. The number of nitrogens with one attached hydrogen (secondary N) is 1. The van der Waals surface area contributed by atoms with E-state index in [1.165, 1.54) is 25.7 Å². The van der Waals surface area contributed by atoms with Gasteiger partial charge >= 0.3 is 0 Å². The molecule has 1 aromatic rings. The van der Waals surface area contributed by atoms with Gasteiger partial charge in [-0.3, -0.25) is 0 Å². The Balaban J connectivity index is 1.83. The van der Waals surface area contributed by atoms with Gasteiger partial charge in [0.1, 0.15) is 5.82 Å². The van der Waals surface area contributed by atoms with Gasteiger partial charge in [-0.15, -0.1) is 0 Å². The number of nitrogens with two attached hydrogens (primary N) is 1. The summed E-state index contributed by atoms with van der Waals surface area (Å²) in [6.45, 7) is 5.20. The minimum atomic E-state index is 0.311. The molecule has 100 valence electrons. The Morgan fingerprint density at radius 3 is 2.72 bits per heavy atom. The number of aromatic nitrogens is 3. The Labute approximate surface area is 109 Å². The van der Waals surface area contributed by atoms with Crippen molar-refractivity contribution in [2.24, 2.45) is 11.8 Å². The van der Waals surface area contributed by atoms with Crippen molar-refractivity contribution in [3.63, 3.8) is 0 Å². The standard InChI is InChI=1S/C13H23N5/c1-9(2)8-11-16-12(14)18-13(17-11)15-7-3-4-10-5-6-10/h9-10H,3-8H2,1-2H3,(H3,14,15,16,17,18). The molecule has 0 aromatic carbocycles. The molecule has 0 saturated heterocycles. The number of hydrogen-bond donors (Lipinski definition) is 2. The molecule has 2 rings (SSSR count). The van der Waals surface area contributed by atoms with Crippen LogP contribution in [-0.2, 0) is 6.42 Å². The van der Waals surface area contributed by atoms with Gasteiger partial charge in [0.2, 0.25) is 11.9 Å². The van der Waals surface area contributed by atoms with E-state index in [1.807, 2.05) is 0 Å². The highest BCUT2D eigenvalue weighted by atomic mass is 15.2. The minimum absolute atomic E-state index is 0.311.